The van der Waals surface area contributed by atoms with Crippen LogP contribution in [0.25, 0.3) is 0 Å². The summed E-state index contributed by atoms with van der Waals surface area (Å²) >= 11 is 0. The van der Waals surface area contributed by atoms with Crippen molar-refractivity contribution in [2.75, 3.05) is 0 Å². The van der Waals surface area contributed by atoms with Crippen LogP contribution in [0.3, 0.4) is 0 Å². The van der Waals surface area contributed by atoms with E-state index in [2.05, 4.69) is 17.2 Å². The van der Waals surface area contributed by atoms with Gasteiger partial charge in [-0.25, -0.2) is 0 Å². The minimum atomic E-state index is -0.497. The SMILES string of the molecule is CCCc1c(C(=O)NC2(C)C=CC=C(C)C2)c(=O)cc(C)n1Cc1ccccn1. The Hall–Kier alpha value is -2.95. The van der Waals surface area contributed by atoms with Crippen LogP contribution in [0.4, 0.5) is 0 Å². The van der Waals surface area contributed by atoms with Gasteiger partial charge in [0, 0.05) is 23.7 Å². The van der Waals surface area contributed by atoms with Gasteiger partial charge in [-0.3, -0.25) is 14.6 Å². The van der Waals surface area contributed by atoms with Crippen molar-refractivity contribution in [1.29, 1.82) is 0 Å². The van der Waals surface area contributed by atoms with Crippen LogP contribution in [-0.4, -0.2) is 21.0 Å². The second kappa shape index (κ2) is 8.60. The summed E-state index contributed by atoms with van der Waals surface area (Å²) < 4.78 is 2.05. The number of carbonyl (C=O) groups excluding carboxylic acids is 1. The summed E-state index contributed by atoms with van der Waals surface area (Å²) in [6.45, 7) is 8.52. The van der Waals surface area contributed by atoms with E-state index >= 15 is 0 Å². The third-order valence-electron chi connectivity index (χ3n) is 5.28. The summed E-state index contributed by atoms with van der Waals surface area (Å²) in [6.07, 6.45) is 9.96. The molecule has 0 radical (unpaired) electrons. The highest BCUT2D eigenvalue weighted by Crippen LogP contribution is 2.23. The number of nitrogens with one attached hydrogen (secondary N) is 1. The molecular formula is C24H29N3O2. The van der Waals surface area contributed by atoms with Crippen LogP contribution in [0, 0.1) is 6.92 Å². The minimum absolute atomic E-state index is 0.226. The molecule has 1 aliphatic rings. The van der Waals surface area contributed by atoms with E-state index in [0.717, 1.165) is 29.9 Å². The lowest BCUT2D eigenvalue weighted by molar-refractivity contribution is 0.0918. The van der Waals surface area contributed by atoms with Crippen molar-refractivity contribution in [3.05, 3.63) is 87.1 Å². The smallest absolute Gasteiger partial charge is 0.257 e. The van der Waals surface area contributed by atoms with E-state index in [1.54, 1.807) is 12.3 Å². The van der Waals surface area contributed by atoms with Crippen LogP contribution < -0.4 is 10.7 Å². The van der Waals surface area contributed by atoms with E-state index in [4.69, 9.17) is 0 Å². The predicted molar refractivity (Wildman–Crippen MR) is 116 cm³/mol. The number of aromatic nitrogens is 2. The zero-order valence-electron chi connectivity index (χ0n) is 17.7. The summed E-state index contributed by atoms with van der Waals surface area (Å²) in [7, 11) is 0. The number of aryl methyl sites for hydroxylation is 1. The maximum atomic E-state index is 13.3. The molecule has 2 aromatic heterocycles. The molecule has 0 aliphatic heterocycles. The van der Waals surface area contributed by atoms with Crippen LogP contribution in [0.15, 0.2) is 59.1 Å². The van der Waals surface area contributed by atoms with Crippen molar-refractivity contribution in [2.24, 2.45) is 0 Å². The molecule has 1 N–H and O–H groups in total. The first-order valence-corrected chi connectivity index (χ1v) is 10.1. The number of allylic oxidation sites excluding steroid dienone is 2. The Morgan fingerprint density at radius 2 is 2.10 bits per heavy atom. The molecule has 0 saturated heterocycles. The first kappa shape index (κ1) is 20.8. The van der Waals surface area contributed by atoms with Crippen LogP contribution in [0.5, 0.6) is 0 Å². The first-order chi connectivity index (χ1) is 13.8. The molecule has 5 nitrogen and oxygen atoms in total. The van der Waals surface area contributed by atoms with E-state index in [-0.39, 0.29) is 16.9 Å². The van der Waals surface area contributed by atoms with Gasteiger partial charge in [0.15, 0.2) is 5.43 Å². The quantitative estimate of drug-likeness (QED) is 0.811. The molecule has 2 aromatic rings. The molecule has 1 unspecified atom stereocenters. The standard InChI is InChI=1S/C24H29N3O2/c1-5-9-20-22(23(29)26-24(4)12-8-10-17(2)15-24)21(28)14-18(3)27(20)16-19-11-6-7-13-25-19/h6-8,10-14H,5,9,15-16H2,1-4H3,(H,26,29). The molecule has 5 heteroatoms. The fraction of sp³-hybridized carbons (Fsp3) is 0.375. The van der Waals surface area contributed by atoms with Crippen molar-refractivity contribution in [3.63, 3.8) is 0 Å². The van der Waals surface area contributed by atoms with Crippen LogP contribution in [0.1, 0.15) is 61.1 Å². The number of hydrogen-bond acceptors (Lipinski definition) is 3. The van der Waals surface area contributed by atoms with E-state index in [0.29, 0.717) is 13.0 Å². The van der Waals surface area contributed by atoms with Gasteiger partial charge in [-0.1, -0.05) is 43.2 Å². The third-order valence-corrected chi connectivity index (χ3v) is 5.28. The maximum Gasteiger partial charge on any atom is 0.257 e. The van der Waals surface area contributed by atoms with Crippen molar-refractivity contribution in [2.45, 2.75) is 59.0 Å². The van der Waals surface area contributed by atoms with Gasteiger partial charge in [-0.2, -0.15) is 0 Å². The summed E-state index contributed by atoms with van der Waals surface area (Å²) in [6, 6.07) is 7.33. The molecular weight excluding hydrogens is 362 g/mol. The Labute approximate surface area is 172 Å². The molecule has 0 aromatic carbocycles. The lowest BCUT2D eigenvalue weighted by atomic mass is 9.88. The van der Waals surface area contributed by atoms with Gasteiger partial charge in [0.1, 0.15) is 5.56 Å². The zero-order chi connectivity index (χ0) is 21.0. The Morgan fingerprint density at radius 1 is 1.31 bits per heavy atom. The van der Waals surface area contributed by atoms with Crippen LogP contribution in [-0.2, 0) is 13.0 Å². The van der Waals surface area contributed by atoms with Gasteiger partial charge in [0.25, 0.3) is 5.91 Å². The maximum absolute atomic E-state index is 13.3. The van der Waals surface area contributed by atoms with Crippen molar-refractivity contribution < 1.29 is 4.79 Å². The van der Waals surface area contributed by atoms with Crippen molar-refractivity contribution in [3.8, 4) is 0 Å². The average molecular weight is 392 g/mol. The Bertz CT molecular complexity index is 1020. The molecule has 152 valence electrons. The highest BCUT2D eigenvalue weighted by atomic mass is 16.2. The number of hydrogen-bond donors (Lipinski definition) is 1. The van der Waals surface area contributed by atoms with Crippen LogP contribution >= 0.6 is 0 Å². The summed E-state index contributed by atoms with van der Waals surface area (Å²) in [4.78, 5) is 30.5. The summed E-state index contributed by atoms with van der Waals surface area (Å²) in [5, 5.41) is 3.10. The normalized spacial score (nSPS) is 18.4. The number of amides is 1. The second-order valence-corrected chi connectivity index (χ2v) is 8.05. The highest BCUT2D eigenvalue weighted by molar-refractivity contribution is 5.96. The lowest BCUT2D eigenvalue weighted by Crippen LogP contribution is -2.47. The van der Waals surface area contributed by atoms with Gasteiger partial charge < -0.3 is 9.88 Å². The Morgan fingerprint density at radius 3 is 2.76 bits per heavy atom. The molecule has 2 heterocycles. The topological polar surface area (TPSA) is 64.0 Å². The zero-order valence-corrected chi connectivity index (χ0v) is 17.7. The molecule has 3 rings (SSSR count). The predicted octanol–water partition coefficient (Wildman–Crippen LogP) is 3.95. The molecule has 0 saturated carbocycles. The number of carbonyl (C=O) groups is 1. The highest BCUT2D eigenvalue weighted by Gasteiger charge is 2.29. The number of nitrogens with zero attached hydrogens (tertiary/aromatic N) is 2. The van der Waals surface area contributed by atoms with Crippen LogP contribution in [0.2, 0.25) is 0 Å². The minimum Gasteiger partial charge on any atom is -0.343 e. The third kappa shape index (κ3) is 4.73. The summed E-state index contributed by atoms with van der Waals surface area (Å²) in [5.74, 6) is -0.310. The van der Waals surface area contributed by atoms with E-state index in [1.807, 2.05) is 61.8 Å². The second-order valence-electron chi connectivity index (χ2n) is 8.05. The monoisotopic (exact) mass is 391 g/mol. The molecule has 1 atom stereocenters. The molecule has 0 spiro atoms. The summed E-state index contributed by atoms with van der Waals surface area (Å²) in [5.41, 5.74) is 3.22. The first-order valence-electron chi connectivity index (χ1n) is 10.1. The molecule has 0 fully saturated rings. The lowest BCUT2D eigenvalue weighted by Gasteiger charge is -2.30. The molecule has 1 aliphatic carbocycles. The molecule has 29 heavy (non-hydrogen) atoms. The van der Waals surface area contributed by atoms with E-state index in [9.17, 15) is 9.59 Å². The number of pyridine rings is 2. The Balaban J connectivity index is 2.02. The van der Waals surface area contributed by atoms with Gasteiger partial charge in [0.2, 0.25) is 0 Å². The van der Waals surface area contributed by atoms with Gasteiger partial charge >= 0.3 is 0 Å². The van der Waals surface area contributed by atoms with Gasteiger partial charge in [-0.15, -0.1) is 0 Å². The van der Waals surface area contributed by atoms with Gasteiger partial charge in [0.05, 0.1) is 17.8 Å². The van der Waals surface area contributed by atoms with Crippen molar-refractivity contribution >= 4 is 5.91 Å². The fourth-order valence-corrected chi connectivity index (χ4v) is 3.97. The van der Waals surface area contributed by atoms with E-state index < -0.39 is 5.54 Å². The average Bonchev–Trinajstić information content (AvgIpc) is 2.65. The largest absolute Gasteiger partial charge is 0.343 e. The van der Waals surface area contributed by atoms with E-state index in [1.165, 1.54) is 5.57 Å². The number of rotatable bonds is 6. The fourth-order valence-electron chi connectivity index (χ4n) is 3.97. The molecule has 0 bridgehead atoms. The van der Waals surface area contributed by atoms with Gasteiger partial charge in [-0.05, 0) is 45.7 Å². The van der Waals surface area contributed by atoms with Crippen molar-refractivity contribution in [1.82, 2.24) is 14.9 Å². The molecule has 1 amide bonds. The Kier molecular flexibility index (Phi) is 6.16.